The number of carbonyl (C=O) groups excluding carboxylic acids is 4. The molecule has 14 rings (SSSR count). The second kappa shape index (κ2) is 33.3. The summed E-state index contributed by atoms with van der Waals surface area (Å²) in [5, 5.41) is 134. The maximum atomic E-state index is 12.5. The molecule has 25 heteroatoms. The fourth-order valence-corrected chi connectivity index (χ4v) is 11.2. The second-order valence-electron chi connectivity index (χ2n) is 24.9. The van der Waals surface area contributed by atoms with E-state index in [4.69, 9.17) is 24.9 Å². The Morgan fingerprint density at radius 3 is 1.51 bits per heavy atom. The highest BCUT2D eigenvalue weighted by molar-refractivity contribution is 6.26. The summed E-state index contributed by atoms with van der Waals surface area (Å²) in [6.07, 6.45) is 6.36. The van der Waals surface area contributed by atoms with Gasteiger partial charge in [-0.1, -0.05) is 48.1 Å². The van der Waals surface area contributed by atoms with Crippen molar-refractivity contribution in [2.75, 3.05) is 0 Å². The predicted octanol–water partition coefficient (Wildman–Crippen LogP) is 14.8. The number of aryl methyl sites for hydroxylation is 3. The third-order valence-electron chi connectivity index (χ3n) is 16.5. The zero-order valence-electron chi connectivity index (χ0n) is 58.6. The number of phenols is 12. The highest BCUT2D eigenvalue weighted by Crippen LogP contribution is 2.39. The summed E-state index contributed by atoms with van der Waals surface area (Å²) in [6, 6.07) is 38.7. The minimum Gasteiger partial charge on any atom is -0.508 e. The monoisotopic (exact) mass is 1470 g/mol. The number of benzene rings is 9. The number of aliphatic hydroxyl groups excluding tert-OH is 1. The van der Waals surface area contributed by atoms with E-state index in [0.29, 0.717) is 38.9 Å². The molecule has 2 aliphatic carbocycles. The van der Waals surface area contributed by atoms with Gasteiger partial charge in [-0.2, -0.15) is 0 Å². The SMILES string of the molecule is CC(C)=CCC(O)C1=CC(=O)c2c(O)ccc(C)c2C1=O.Cc1cc(O)cc2oc(-c3ccc(O)c(O)c3)c(O)c(=O)c12.Cc1cc(O)cc2oc(-c3ccc(O)c(O)c3)cc(=O)c12.O=C1C=CC(=O)c2c(O)cccc21.O=c1cc(-c2ccc(O)cc2)oc2cc(O)cc(O)c12.[C-]#[N+]/C(C)=C\c1ccc(O)cc1. The van der Waals surface area contributed by atoms with E-state index in [9.17, 15) is 99.9 Å². The van der Waals surface area contributed by atoms with Crippen LogP contribution in [0.1, 0.15) is 90.9 Å². The lowest BCUT2D eigenvalue weighted by molar-refractivity contribution is 0.0945. The van der Waals surface area contributed by atoms with Crippen molar-refractivity contribution >= 4 is 62.1 Å². The number of fused-ring (bicyclic) bond motifs is 5. The van der Waals surface area contributed by atoms with Crippen molar-refractivity contribution in [3.63, 3.8) is 0 Å². The average Bonchev–Trinajstić information content (AvgIpc) is 0.751. The minimum atomic E-state index is -1.02. The summed E-state index contributed by atoms with van der Waals surface area (Å²) >= 11 is 0. The standard InChI is InChI=1S/C17H18O4.C16H12O6.C16H12O5.C15H10O5.C10H9NO.C10H6O3/c1-9(2)4-6-12(18)11-8-14(20)16-13(19)7-5-10(3)15(16)17(11)21;1-7-4-9(17)6-12-13(7)14(20)15(21)16(22-12)8-2-3-10(18)11(19)5-8;1-8-4-10(17)6-15-16(8)13(20)7-14(21-15)9-2-3-11(18)12(19)5-9;16-9-3-1-8(2-4-9)13-7-12(19)15-11(18)5-10(17)6-14(15)20-13;1-8(11-2)7-9-3-5-10(12)6-4-9;11-7-4-5-9(13)10-6(7)2-1-3-8(10)12/h4-5,7-8,12,18-19H,6H2,1-3H3;2-6,17-19,21H,1H3;2-7,17-19H,1H3;1-7,16-18H;3-7,12H,1H3;1-5,12H/b;;;;8-7-;. The first-order chi connectivity index (χ1) is 51.6. The molecule has 25 nitrogen and oxygen atoms in total. The van der Waals surface area contributed by atoms with Gasteiger partial charge in [0.05, 0.1) is 34.6 Å². The van der Waals surface area contributed by atoms with Crippen molar-refractivity contribution in [2.45, 2.75) is 54.1 Å². The Morgan fingerprint density at radius 2 is 0.936 bits per heavy atom. The third kappa shape index (κ3) is 18.2. The van der Waals surface area contributed by atoms with Crippen molar-refractivity contribution in [1.29, 1.82) is 0 Å². The molecule has 9 aromatic carbocycles. The van der Waals surface area contributed by atoms with E-state index in [0.717, 1.165) is 29.3 Å². The molecular formula is C84H67NO24. The van der Waals surface area contributed by atoms with Gasteiger partial charge in [-0.25, -0.2) is 4.85 Å². The van der Waals surface area contributed by atoms with Gasteiger partial charge in [-0.3, -0.25) is 33.6 Å². The fraction of sp³-hybridized carbons (Fsp3) is 0.0952. The predicted molar refractivity (Wildman–Crippen MR) is 404 cm³/mol. The van der Waals surface area contributed by atoms with Crippen LogP contribution in [-0.2, 0) is 0 Å². The van der Waals surface area contributed by atoms with E-state index in [1.54, 1.807) is 82.3 Å². The van der Waals surface area contributed by atoms with Gasteiger partial charge in [0, 0.05) is 69.8 Å². The van der Waals surface area contributed by atoms with Crippen molar-refractivity contribution in [2.24, 2.45) is 0 Å². The Bertz CT molecular complexity index is 6000. The Kier molecular flexibility index (Phi) is 23.9. The number of hydrogen-bond donors (Lipinski definition) is 14. The molecule has 552 valence electrons. The van der Waals surface area contributed by atoms with Crippen LogP contribution < -0.4 is 16.3 Å². The summed E-state index contributed by atoms with van der Waals surface area (Å²) in [6.45, 7) is 17.3. The number of ketones is 4. The second-order valence-corrected chi connectivity index (χ2v) is 24.9. The first kappa shape index (κ1) is 78.2. The molecule has 0 fully saturated rings. The molecule has 1 atom stereocenters. The maximum Gasteiger partial charge on any atom is 0.235 e. The van der Waals surface area contributed by atoms with Gasteiger partial charge in [0.1, 0.15) is 79.7 Å². The van der Waals surface area contributed by atoms with Crippen LogP contribution in [0.2, 0.25) is 0 Å². The minimum absolute atomic E-state index is 0.00820. The van der Waals surface area contributed by atoms with E-state index in [2.05, 4.69) is 4.85 Å². The lowest BCUT2D eigenvalue weighted by atomic mass is 9.83. The number of hydrogen-bond acceptors (Lipinski definition) is 24. The average molecular weight is 1470 g/mol. The van der Waals surface area contributed by atoms with Crippen molar-refractivity contribution in [1.82, 2.24) is 0 Å². The number of phenolic OH excluding ortho intramolecular Hbond substituents is 12. The number of aliphatic hydroxyl groups is 1. The van der Waals surface area contributed by atoms with Crippen molar-refractivity contribution in [3.05, 3.63) is 292 Å². The van der Waals surface area contributed by atoms with Crippen LogP contribution in [0.4, 0.5) is 0 Å². The molecule has 0 bridgehead atoms. The number of rotatable bonds is 7. The molecule has 2 aliphatic rings. The molecule has 3 heterocycles. The van der Waals surface area contributed by atoms with Gasteiger partial charge in [-0.05, 0) is 186 Å². The van der Waals surface area contributed by atoms with Gasteiger partial charge in [-0.15, -0.1) is 0 Å². The van der Waals surface area contributed by atoms with E-state index in [1.165, 1.54) is 115 Å². The number of Topliss-reactive ketones (excluding diaryl/α,β-unsaturated/α-hetero) is 1. The van der Waals surface area contributed by atoms with Crippen LogP contribution in [0.5, 0.6) is 74.7 Å². The molecule has 14 N–H and O–H groups in total. The zero-order valence-corrected chi connectivity index (χ0v) is 58.6. The zero-order chi connectivity index (χ0) is 79.6. The third-order valence-corrected chi connectivity index (χ3v) is 16.5. The highest BCUT2D eigenvalue weighted by atomic mass is 16.4. The topological polar surface area (TPSA) is 446 Å². The Hall–Kier alpha value is -14.9. The summed E-state index contributed by atoms with van der Waals surface area (Å²) in [5.41, 5.74) is 5.43. The normalized spacial score (nSPS) is 12.2. The van der Waals surface area contributed by atoms with E-state index in [1.807, 2.05) is 19.9 Å². The van der Waals surface area contributed by atoms with E-state index >= 15 is 0 Å². The highest BCUT2D eigenvalue weighted by Gasteiger charge is 2.33. The van der Waals surface area contributed by atoms with Gasteiger partial charge >= 0.3 is 0 Å². The van der Waals surface area contributed by atoms with Gasteiger partial charge in [0.25, 0.3) is 0 Å². The van der Waals surface area contributed by atoms with Gasteiger partial charge in [0.2, 0.25) is 11.2 Å². The molecule has 0 saturated carbocycles. The largest absolute Gasteiger partial charge is 0.508 e. The van der Waals surface area contributed by atoms with Crippen molar-refractivity contribution < 1.29 is 104 Å². The number of aromatic hydroxyl groups is 13. The maximum absolute atomic E-state index is 12.5. The van der Waals surface area contributed by atoms with Gasteiger partial charge < -0.3 is 84.7 Å². The summed E-state index contributed by atoms with van der Waals surface area (Å²) < 4.78 is 16.7. The molecule has 1 unspecified atom stereocenters. The van der Waals surface area contributed by atoms with E-state index in [-0.39, 0.29) is 165 Å². The summed E-state index contributed by atoms with van der Waals surface area (Å²) in [5.74, 6) is -3.53. The summed E-state index contributed by atoms with van der Waals surface area (Å²) in [4.78, 5) is 86.9. The Morgan fingerprint density at radius 1 is 0.440 bits per heavy atom. The van der Waals surface area contributed by atoms with Crippen LogP contribution in [0.25, 0.3) is 77.8 Å². The first-order valence-electron chi connectivity index (χ1n) is 32.6. The lowest BCUT2D eigenvalue weighted by Gasteiger charge is -2.20. The molecule has 12 aromatic rings. The van der Waals surface area contributed by atoms with Crippen LogP contribution in [0, 0.1) is 27.3 Å². The lowest BCUT2D eigenvalue weighted by Crippen LogP contribution is -2.25. The molecule has 0 aliphatic heterocycles. The van der Waals surface area contributed by atoms with Crippen LogP contribution in [0.15, 0.2) is 233 Å². The number of allylic oxidation sites excluding steroid dienone is 5. The molecular weight excluding hydrogens is 1410 g/mol. The smallest absolute Gasteiger partial charge is 0.235 e. The molecule has 0 spiro atoms. The molecule has 0 saturated heterocycles. The fourth-order valence-electron chi connectivity index (χ4n) is 11.2. The van der Waals surface area contributed by atoms with Crippen molar-refractivity contribution in [3.8, 4) is 109 Å². The number of nitrogens with zero attached hydrogens (tertiary/aromatic N) is 1. The quantitative estimate of drug-likeness (QED) is 0.0400. The Balaban J connectivity index is 0.000000153. The first-order valence-corrected chi connectivity index (χ1v) is 32.6. The van der Waals surface area contributed by atoms with Crippen LogP contribution >= 0.6 is 0 Å². The van der Waals surface area contributed by atoms with Crippen LogP contribution in [-0.4, -0.2) is 101 Å². The van der Waals surface area contributed by atoms with Crippen LogP contribution in [0.3, 0.4) is 0 Å². The summed E-state index contributed by atoms with van der Waals surface area (Å²) in [7, 11) is 0. The molecule has 109 heavy (non-hydrogen) atoms. The number of carbonyl (C=O) groups is 4. The van der Waals surface area contributed by atoms with Gasteiger partial charge in [0.15, 0.2) is 68.4 Å². The molecule has 0 radical (unpaired) electrons. The Labute approximate surface area is 617 Å². The van der Waals surface area contributed by atoms with E-state index < -0.39 is 40.0 Å². The molecule has 3 aromatic heterocycles. The molecule has 0 amide bonds.